The Hall–Kier alpha value is -4.06. The van der Waals surface area contributed by atoms with Gasteiger partial charge in [-0.25, -0.2) is 8.42 Å². The Morgan fingerprint density at radius 1 is 0.833 bits per heavy atom. The lowest BCUT2D eigenvalue weighted by Gasteiger charge is -2.34. The van der Waals surface area contributed by atoms with Crippen molar-refractivity contribution in [2.45, 2.75) is 56.4 Å². The van der Waals surface area contributed by atoms with E-state index in [2.05, 4.69) is 5.32 Å². The zero-order valence-corrected chi connectivity index (χ0v) is 28.5. The second-order valence-corrected chi connectivity index (χ2v) is 13.8. The van der Waals surface area contributed by atoms with Crippen LogP contribution in [-0.2, 0) is 38.8 Å². The molecule has 0 aromatic heterocycles. The van der Waals surface area contributed by atoms with Crippen LogP contribution in [0.4, 0.5) is 18.9 Å². The van der Waals surface area contributed by atoms with Gasteiger partial charge >= 0.3 is 6.18 Å². The van der Waals surface area contributed by atoms with Gasteiger partial charge in [0.15, 0.2) is 0 Å². The quantitative estimate of drug-likeness (QED) is 0.153. The van der Waals surface area contributed by atoms with E-state index in [1.54, 1.807) is 42.5 Å². The molecule has 48 heavy (non-hydrogen) atoms. The Morgan fingerprint density at radius 2 is 1.48 bits per heavy atom. The van der Waals surface area contributed by atoms with E-state index in [-0.39, 0.29) is 39.6 Å². The first-order valence-electron chi connectivity index (χ1n) is 15.0. The molecule has 0 spiro atoms. The lowest BCUT2D eigenvalue weighted by molar-refractivity contribution is -0.140. The highest BCUT2D eigenvalue weighted by Gasteiger charge is 2.36. The van der Waals surface area contributed by atoms with Crippen LogP contribution in [0.2, 0.25) is 10.0 Å². The van der Waals surface area contributed by atoms with Gasteiger partial charge in [0.1, 0.15) is 12.6 Å². The van der Waals surface area contributed by atoms with Crippen molar-refractivity contribution in [3.05, 3.63) is 130 Å². The van der Waals surface area contributed by atoms with E-state index in [0.29, 0.717) is 22.4 Å². The number of sulfonamides is 1. The molecule has 0 saturated heterocycles. The van der Waals surface area contributed by atoms with Crippen molar-refractivity contribution in [3.8, 4) is 0 Å². The molecule has 0 bridgehead atoms. The summed E-state index contributed by atoms with van der Waals surface area (Å²) in [5.41, 5.74) is -0.257. The maximum atomic E-state index is 14.5. The van der Waals surface area contributed by atoms with Gasteiger partial charge in [-0.1, -0.05) is 90.8 Å². The summed E-state index contributed by atoms with van der Waals surface area (Å²) in [6, 6.07) is 23.0. The molecule has 1 N–H and O–H groups in total. The largest absolute Gasteiger partial charge is 0.416 e. The summed E-state index contributed by atoms with van der Waals surface area (Å²) < 4.78 is 70.0. The SMILES string of the molecule is CC[C@H](C)NC(=O)[C@H](Cc1ccccc1)N(Cc1ccc(Cl)c(Cl)c1)C(=O)CN(c1cccc(C(F)(F)F)c1)S(=O)(=O)c1ccccc1. The van der Waals surface area contributed by atoms with E-state index >= 15 is 0 Å². The van der Waals surface area contributed by atoms with Gasteiger partial charge in [0.05, 0.1) is 26.2 Å². The molecule has 4 aromatic rings. The molecule has 4 rings (SSSR count). The Kier molecular flexibility index (Phi) is 12.2. The first-order chi connectivity index (χ1) is 22.7. The Balaban J connectivity index is 1.85. The van der Waals surface area contributed by atoms with Crippen LogP contribution in [-0.4, -0.2) is 43.8 Å². The predicted molar refractivity (Wildman–Crippen MR) is 181 cm³/mol. The molecule has 0 aliphatic heterocycles. The zero-order chi connectivity index (χ0) is 35.1. The predicted octanol–water partition coefficient (Wildman–Crippen LogP) is 7.76. The molecule has 2 amide bonds. The summed E-state index contributed by atoms with van der Waals surface area (Å²) in [6.45, 7) is 2.59. The molecule has 0 unspecified atom stereocenters. The second kappa shape index (κ2) is 15.9. The molecular formula is C35H34Cl2F3N3O4S. The smallest absolute Gasteiger partial charge is 0.352 e. The van der Waals surface area contributed by atoms with Gasteiger partial charge in [0.2, 0.25) is 11.8 Å². The van der Waals surface area contributed by atoms with Crippen LogP contribution in [0.1, 0.15) is 37.0 Å². The molecule has 7 nitrogen and oxygen atoms in total. The number of carbonyl (C=O) groups is 2. The van der Waals surface area contributed by atoms with E-state index in [4.69, 9.17) is 23.2 Å². The van der Waals surface area contributed by atoms with Crippen LogP contribution in [0, 0.1) is 0 Å². The highest BCUT2D eigenvalue weighted by atomic mass is 35.5. The van der Waals surface area contributed by atoms with Gasteiger partial charge in [0.25, 0.3) is 10.0 Å². The highest BCUT2D eigenvalue weighted by Crippen LogP contribution is 2.33. The summed E-state index contributed by atoms with van der Waals surface area (Å²) in [4.78, 5) is 29.4. The number of hydrogen-bond donors (Lipinski definition) is 1. The fourth-order valence-corrected chi connectivity index (χ4v) is 6.66. The number of halogens is 5. The fourth-order valence-electron chi connectivity index (χ4n) is 4.92. The van der Waals surface area contributed by atoms with Crippen molar-refractivity contribution in [1.29, 1.82) is 0 Å². The summed E-state index contributed by atoms with van der Waals surface area (Å²) in [7, 11) is -4.58. The molecule has 13 heteroatoms. The normalized spacial score (nSPS) is 13.0. The second-order valence-electron chi connectivity index (χ2n) is 11.2. The minimum Gasteiger partial charge on any atom is -0.352 e. The van der Waals surface area contributed by atoms with Crippen LogP contribution in [0.3, 0.4) is 0 Å². The van der Waals surface area contributed by atoms with Crippen molar-refractivity contribution in [3.63, 3.8) is 0 Å². The lowest BCUT2D eigenvalue weighted by atomic mass is 10.0. The van der Waals surface area contributed by atoms with Gasteiger partial charge < -0.3 is 10.2 Å². The summed E-state index contributed by atoms with van der Waals surface area (Å²) in [6.07, 6.45) is -4.12. The van der Waals surface area contributed by atoms with Crippen LogP contribution in [0.5, 0.6) is 0 Å². The van der Waals surface area contributed by atoms with Gasteiger partial charge in [-0.05, 0) is 66.9 Å². The number of anilines is 1. The van der Waals surface area contributed by atoms with E-state index in [1.165, 1.54) is 47.4 Å². The number of nitrogens with one attached hydrogen (secondary N) is 1. The Morgan fingerprint density at radius 3 is 2.08 bits per heavy atom. The van der Waals surface area contributed by atoms with E-state index in [9.17, 15) is 31.2 Å². The van der Waals surface area contributed by atoms with Crippen molar-refractivity contribution >= 4 is 50.7 Å². The van der Waals surface area contributed by atoms with Crippen LogP contribution < -0.4 is 9.62 Å². The molecule has 0 aliphatic carbocycles. The molecule has 0 radical (unpaired) electrons. The number of amides is 2. The van der Waals surface area contributed by atoms with E-state index < -0.39 is 46.2 Å². The third kappa shape index (κ3) is 9.30. The average Bonchev–Trinajstić information content (AvgIpc) is 3.07. The first-order valence-corrected chi connectivity index (χ1v) is 17.2. The number of nitrogens with zero attached hydrogens (tertiary/aromatic N) is 2. The number of rotatable bonds is 13. The Labute approximate surface area is 288 Å². The maximum Gasteiger partial charge on any atom is 0.416 e. The summed E-state index contributed by atoms with van der Waals surface area (Å²) in [5.74, 6) is -1.32. The van der Waals surface area contributed by atoms with Crippen molar-refractivity contribution in [2.75, 3.05) is 10.8 Å². The van der Waals surface area contributed by atoms with E-state index in [0.717, 1.165) is 17.7 Å². The third-order valence-corrected chi connectivity index (χ3v) is 10.2. The monoisotopic (exact) mass is 719 g/mol. The van der Waals surface area contributed by atoms with Gasteiger partial charge in [0, 0.05) is 19.0 Å². The van der Waals surface area contributed by atoms with Crippen molar-refractivity contribution < 1.29 is 31.2 Å². The zero-order valence-electron chi connectivity index (χ0n) is 26.1. The van der Waals surface area contributed by atoms with Crippen LogP contribution >= 0.6 is 23.2 Å². The average molecular weight is 721 g/mol. The molecule has 0 heterocycles. The van der Waals surface area contributed by atoms with Gasteiger partial charge in [-0.3, -0.25) is 13.9 Å². The van der Waals surface area contributed by atoms with Gasteiger partial charge in [-0.2, -0.15) is 13.2 Å². The van der Waals surface area contributed by atoms with Gasteiger partial charge in [-0.15, -0.1) is 0 Å². The number of carbonyl (C=O) groups excluding carboxylic acids is 2. The number of hydrogen-bond acceptors (Lipinski definition) is 4. The van der Waals surface area contributed by atoms with Crippen molar-refractivity contribution in [2.24, 2.45) is 0 Å². The number of alkyl halides is 3. The molecule has 0 fully saturated rings. The Bertz CT molecular complexity index is 1830. The number of benzene rings is 4. The molecule has 0 saturated carbocycles. The standard InChI is InChI=1S/C35H34Cl2F3N3O4S/c1-3-24(2)41-34(45)32(20-25-11-6-4-7-12-25)42(22-26-17-18-30(36)31(37)19-26)33(44)23-43(48(46,47)29-15-8-5-9-16-29)28-14-10-13-27(21-28)35(38,39)40/h4-19,21,24,32H,3,20,22-23H2,1-2H3,(H,41,45)/t24-,32-/m0/s1. The van der Waals surface area contributed by atoms with Crippen LogP contribution in [0.25, 0.3) is 0 Å². The topological polar surface area (TPSA) is 86.8 Å². The maximum absolute atomic E-state index is 14.5. The van der Waals surface area contributed by atoms with Crippen molar-refractivity contribution in [1.82, 2.24) is 10.2 Å². The molecule has 4 aromatic carbocycles. The minimum absolute atomic E-state index is 0.0607. The summed E-state index contributed by atoms with van der Waals surface area (Å²) >= 11 is 12.4. The third-order valence-electron chi connectivity index (χ3n) is 7.68. The van der Waals surface area contributed by atoms with Crippen LogP contribution in [0.15, 0.2) is 108 Å². The lowest BCUT2D eigenvalue weighted by Crippen LogP contribution is -2.54. The molecule has 254 valence electrons. The summed E-state index contributed by atoms with van der Waals surface area (Å²) in [5, 5.41) is 3.38. The molecular weight excluding hydrogens is 686 g/mol. The molecule has 2 atom stereocenters. The van der Waals surface area contributed by atoms with E-state index in [1.807, 2.05) is 13.8 Å². The molecule has 0 aliphatic rings. The minimum atomic E-state index is -4.78. The fraction of sp³-hybridized carbons (Fsp3) is 0.257. The highest BCUT2D eigenvalue weighted by molar-refractivity contribution is 7.92. The first kappa shape index (κ1) is 36.8.